The van der Waals surface area contributed by atoms with E-state index in [0.29, 0.717) is 24.1 Å². The average molecular weight is 424 g/mol. The largest absolute Gasteiger partial charge is 0.378 e. The maximum absolute atomic E-state index is 14.9. The van der Waals surface area contributed by atoms with Gasteiger partial charge in [0.2, 0.25) is 0 Å². The third kappa shape index (κ3) is 4.32. The number of nitrogens with zero attached hydrogens (tertiary/aromatic N) is 2. The molecule has 1 N–H and O–H groups in total. The molecule has 0 spiro atoms. The normalized spacial score (nSPS) is 31.0. The first-order chi connectivity index (χ1) is 15.1. The Morgan fingerprint density at radius 1 is 1.35 bits per heavy atom. The van der Waals surface area contributed by atoms with Crippen molar-refractivity contribution in [2.75, 3.05) is 26.3 Å². The van der Waals surface area contributed by atoms with Gasteiger partial charge in [-0.1, -0.05) is 18.2 Å². The van der Waals surface area contributed by atoms with E-state index in [-0.39, 0.29) is 36.5 Å². The van der Waals surface area contributed by atoms with Crippen molar-refractivity contribution in [1.82, 2.24) is 10.2 Å². The van der Waals surface area contributed by atoms with Crippen LogP contribution in [0.1, 0.15) is 43.2 Å². The predicted octanol–water partition coefficient (Wildman–Crippen LogP) is 3.10. The number of morpholine rings is 1. The van der Waals surface area contributed by atoms with Crippen LogP contribution in [0.4, 0.5) is 4.39 Å². The van der Waals surface area contributed by atoms with Crippen LogP contribution in [0.3, 0.4) is 0 Å². The van der Waals surface area contributed by atoms with Crippen LogP contribution in [0.25, 0.3) is 5.57 Å². The van der Waals surface area contributed by atoms with Crippen LogP contribution in [-0.4, -0.2) is 55.1 Å². The lowest BCUT2D eigenvalue weighted by Crippen LogP contribution is -2.46. The van der Waals surface area contributed by atoms with Crippen molar-refractivity contribution in [3.8, 4) is 6.07 Å². The Bertz CT molecular complexity index is 924. The van der Waals surface area contributed by atoms with Crippen LogP contribution in [0, 0.1) is 29.0 Å². The fraction of sp³-hybridized carbons (Fsp3) is 0.600. The van der Waals surface area contributed by atoms with Gasteiger partial charge >= 0.3 is 0 Å². The highest BCUT2D eigenvalue weighted by molar-refractivity contribution is 5.85. The fourth-order valence-corrected chi connectivity index (χ4v) is 5.84. The van der Waals surface area contributed by atoms with Crippen molar-refractivity contribution in [2.45, 2.75) is 56.7 Å². The molecular formula is C25H30FN3O2. The van der Waals surface area contributed by atoms with Crippen LogP contribution in [0.5, 0.6) is 0 Å². The van der Waals surface area contributed by atoms with E-state index in [2.05, 4.69) is 22.4 Å². The summed E-state index contributed by atoms with van der Waals surface area (Å²) < 4.78 is 20.5. The number of hydrogen-bond donors (Lipinski definition) is 1. The second-order valence-electron chi connectivity index (χ2n) is 9.54. The van der Waals surface area contributed by atoms with Crippen molar-refractivity contribution >= 4 is 11.4 Å². The first-order valence-electron chi connectivity index (χ1n) is 11.6. The van der Waals surface area contributed by atoms with E-state index in [9.17, 15) is 14.4 Å². The Kier molecular flexibility index (Phi) is 5.92. The van der Waals surface area contributed by atoms with Gasteiger partial charge in [-0.05, 0) is 60.8 Å². The molecule has 3 aliphatic heterocycles. The van der Waals surface area contributed by atoms with Crippen molar-refractivity contribution in [2.24, 2.45) is 11.8 Å². The van der Waals surface area contributed by atoms with E-state index < -0.39 is 5.92 Å². The van der Waals surface area contributed by atoms with Crippen LogP contribution < -0.4 is 5.32 Å². The molecule has 5 nitrogen and oxygen atoms in total. The zero-order valence-electron chi connectivity index (χ0n) is 17.9. The van der Waals surface area contributed by atoms with Crippen LogP contribution in [0.2, 0.25) is 0 Å². The van der Waals surface area contributed by atoms with Gasteiger partial charge in [0, 0.05) is 25.6 Å². The Morgan fingerprint density at radius 2 is 2.26 bits per heavy atom. The van der Waals surface area contributed by atoms with E-state index in [4.69, 9.17) is 4.74 Å². The number of fused-ring (bicyclic) bond motifs is 3. The number of carbonyl (C=O) groups is 1. The smallest absolute Gasteiger partial charge is 0.151 e. The first kappa shape index (κ1) is 20.8. The molecule has 1 aromatic rings. The average Bonchev–Trinajstić information content (AvgIpc) is 3.43. The van der Waals surface area contributed by atoms with Crippen LogP contribution >= 0.6 is 0 Å². The number of piperidine rings is 1. The molecule has 3 fully saturated rings. The van der Waals surface area contributed by atoms with Gasteiger partial charge in [-0.3, -0.25) is 9.69 Å². The van der Waals surface area contributed by atoms with Crippen molar-refractivity contribution in [3.63, 3.8) is 0 Å². The maximum Gasteiger partial charge on any atom is 0.151 e. The SMILES string of the molecule is N#C[C@@H](CC(=O)[C@H]1N[C@@H]2CC[C@H]1C2)Cc1ccc(C2=CC3COCCN3CC2)cc1F. The number of nitriles is 1. The Morgan fingerprint density at radius 3 is 3.00 bits per heavy atom. The summed E-state index contributed by atoms with van der Waals surface area (Å²) in [6, 6.07) is 8.21. The quantitative estimate of drug-likeness (QED) is 0.762. The molecule has 1 unspecified atom stereocenters. The molecule has 2 bridgehead atoms. The minimum Gasteiger partial charge on any atom is -0.378 e. The van der Waals surface area contributed by atoms with Gasteiger partial charge in [0.25, 0.3) is 0 Å². The second-order valence-corrected chi connectivity index (χ2v) is 9.54. The molecule has 164 valence electrons. The third-order valence-corrected chi connectivity index (χ3v) is 7.57. The van der Waals surface area contributed by atoms with Gasteiger partial charge in [0.05, 0.1) is 37.3 Å². The molecule has 6 heteroatoms. The van der Waals surface area contributed by atoms with Crippen LogP contribution in [0.15, 0.2) is 24.3 Å². The van der Waals surface area contributed by atoms with Gasteiger partial charge < -0.3 is 10.1 Å². The summed E-state index contributed by atoms with van der Waals surface area (Å²) in [5.74, 6) is -0.244. The molecule has 1 aromatic carbocycles. The topological polar surface area (TPSA) is 65.4 Å². The van der Waals surface area contributed by atoms with Crippen LogP contribution in [-0.2, 0) is 16.0 Å². The highest BCUT2D eigenvalue weighted by Gasteiger charge is 2.42. The lowest BCUT2D eigenvalue weighted by atomic mass is 9.88. The van der Waals surface area contributed by atoms with Gasteiger partial charge in [0.1, 0.15) is 5.82 Å². The van der Waals surface area contributed by atoms with E-state index in [1.807, 2.05) is 6.07 Å². The highest BCUT2D eigenvalue weighted by atomic mass is 19.1. The number of hydrogen-bond acceptors (Lipinski definition) is 5. The fourth-order valence-electron chi connectivity index (χ4n) is 5.84. The van der Waals surface area contributed by atoms with Gasteiger partial charge in [0.15, 0.2) is 5.78 Å². The molecule has 31 heavy (non-hydrogen) atoms. The summed E-state index contributed by atoms with van der Waals surface area (Å²) in [6.45, 7) is 3.40. The maximum atomic E-state index is 14.9. The summed E-state index contributed by atoms with van der Waals surface area (Å²) in [6.07, 6.45) is 6.90. The first-order valence-corrected chi connectivity index (χ1v) is 11.6. The monoisotopic (exact) mass is 423 g/mol. The third-order valence-electron chi connectivity index (χ3n) is 7.57. The molecular weight excluding hydrogens is 393 g/mol. The number of rotatable bonds is 6. The molecule has 5 rings (SSSR count). The Hall–Kier alpha value is -2.07. The molecule has 1 aliphatic carbocycles. The second kappa shape index (κ2) is 8.82. The summed E-state index contributed by atoms with van der Waals surface area (Å²) in [5, 5.41) is 13.0. The van der Waals surface area contributed by atoms with Crippen molar-refractivity contribution < 1.29 is 13.9 Å². The van der Waals surface area contributed by atoms with Gasteiger partial charge in [-0.25, -0.2) is 4.39 Å². The molecule has 3 heterocycles. The summed E-state index contributed by atoms with van der Waals surface area (Å²) in [7, 11) is 0. The van der Waals surface area contributed by atoms with Gasteiger partial charge in [-0.15, -0.1) is 0 Å². The molecule has 0 amide bonds. The zero-order valence-corrected chi connectivity index (χ0v) is 17.9. The molecule has 0 radical (unpaired) electrons. The lowest BCUT2D eigenvalue weighted by molar-refractivity contribution is -0.122. The molecule has 2 saturated heterocycles. The number of benzene rings is 1. The van der Waals surface area contributed by atoms with E-state index in [1.54, 1.807) is 12.1 Å². The predicted molar refractivity (Wildman–Crippen MR) is 116 cm³/mol. The minimum atomic E-state index is -0.490. The Balaban J connectivity index is 1.24. The summed E-state index contributed by atoms with van der Waals surface area (Å²) in [4.78, 5) is 15.1. The number of halogens is 1. The molecule has 0 aromatic heterocycles. The Labute approximate surface area is 183 Å². The molecule has 4 aliphatic rings. The van der Waals surface area contributed by atoms with E-state index in [1.165, 1.54) is 0 Å². The molecule has 5 atom stereocenters. The van der Waals surface area contributed by atoms with Crippen molar-refractivity contribution in [1.29, 1.82) is 5.26 Å². The number of nitrogens with one attached hydrogen (secondary N) is 1. The number of carbonyl (C=O) groups excluding carboxylic acids is 1. The number of ether oxygens (including phenoxy) is 1. The van der Waals surface area contributed by atoms with Crippen molar-refractivity contribution in [3.05, 3.63) is 41.2 Å². The zero-order chi connectivity index (χ0) is 21.4. The minimum absolute atomic E-state index is 0.108. The van der Waals surface area contributed by atoms with E-state index >= 15 is 0 Å². The number of Topliss-reactive ketones (excluding diaryl/α,β-unsaturated/α-hetero) is 1. The lowest BCUT2D eigenvalue weighted by Gasteiger charge is -2.37. The summed E-state index contributed by atoms with van der Waals surface area (Å²) in [5.41, 5.74) is 2.58. The van der Waals surface area contributed by atoms with Gasteiger partial charge in [-0.2, -0.15) is 5.26 Å². The van der Waals surface area contributed by atoms with E-state index in [0.717, 1.165) is 56.5 Å². The standard InChI is InChI=1S/C25H30FN3O2/c26-23-13-17(18-5-6-29-7-8-31-15-22(29)12-18)1-2-19(23)9-16(14-27)10-24(30)25-20-3-4-21(11-20)28-25/h1-2,12-13,16,20-22,25,28H,3-11,15H2/t16-,20+,21-,22?,25+/m1/s1. The summed E-state index contributed by atoms with van der Waals surface area (Å²) >= 11 is 0. The molecule has 1 saturated carbocycles. The highest BCUT2D eigenvalue weighted by Crippen LogP contribution is 2.36. The number of ketones is 1.